The molecule has 0 saturated carbocycles. The number of phenols is 1. The summed E-state index contributed by atoms with van der Waals surface area (Å²) in [5.74, 6) is 1.31. The molecule has 10 heteroatoms. The van der Waals surface area contributed by atoms with Crippen molar-refractivity contribution in [1.29, 1.82) is 0 Å². The molecule has 1 aromatic carbocycles. The second-order valence-electron chi connectivity index (χ2n) is 7.50. The third-order valence-corrected chi connectivity index (χ3v) is 8.96. The van der Waals surface area contributed by atoms with Crippen LogP contribution in [0.1, 0.15) is 18.9 Å². The van der Waals surface area contributed by atoms with Crippen molar-refractivity contribution in [1.82, 2.24) is 5.32 Å². The van der Waals surface area contributed by atoms with Crippen LogP contribution in [0.15, 0.2) is 34.3 Å². The molecule has 0 aliphatic carbocycles. The van der Waals surface area contributed by atoms with Crippen molar-refractivity contribution in [2.75, 3.05) is 17.3 Å². The molecule has 3 heterocycles. The van der Waals surface area contributed by atoms with Crippen molar-refractivity contribution in [2.45, 2.75) is 42.4 Å². The normalized spacial score (nSPS) is 32.8. The van der Waals surface area contributed by atoms with Crippen LogP contribution in [0.3, 0.4) is 0 Å². The minimum Gasteiger partial charge on any atom is -0.507 e. The first-order valence-corrected chi connectivity index (χ1v) is 12.4. The molecule has 1 aromatic rings. The van der Waals surface area contributed by atoms with Crippen LogP contribution in [0, 0.1) is 0 Å². The summed E-state index contributed by atoms with van der Waals surface area (Å²) in [6.45, 7) is 1.61. The average Bonchev–Trinajstić information content (AvgIpc) is 3.41. The fraction of sp³-hybridized carbons (Fsp3) is 0.526. The van der Waals surface area contributed by atoms with Gasteiger partial charge in [0.25, 0.3) is 0 Å². The Bertz CT molecular complexity index is 865. The number of rotatable bonds is 6. The number of nitrogens with one attached hydrogen (secondary N) is 1. The number of hydrogen-bond acceptors (Lipinski definition) is 9. The van der Waals surface area contributed by atoms with E-state index in [1.165, 1.54) is 11.8 Å². The van der Waals surface area contributed by atoms with Gasteiger partial charge in [0, 0.05) is 35.3 Å². The number of carboxylic acid groups (broad SMARTS) is 1. The maximum Gasteiger partial charge on any atom is 0.332 e. The highest BCUT2D eigenvalue weighted by Gasteiger charge is 2.41. The number of aliphatic hydroxyl groups is 1. The van der Waals surface area contributed by atoms with Gasteiger partial charge in [-0.15, -0.1) is 35.3 Å². The summed E-state index contributed by atoms with van der Waals surface area (Å²) in [4.78, 5) is 20.4. The number of aromatic hydroxyl groups is 1. The van der Waals surface area contributed by atoms with E-state index in [0.29, 0.717) is 17.2 Å². The molecule has 0 radical (unpaired) electrons. The van der Waals surface area contributed by atoms with Gasteiger partial charge in [-0.05, 0) is 19.1 Å². The van der Waals surface area contributed by atoms with Crippen molar-refractivity contribution in [3.05, 3.63) is 29.8 Å². The highest BCUT2D eigenvalue weighted by Crippen LogP contribution is 2.35. The van der Waals surface area contributed by atoms with Gasteiger partial charge in [-0.25, -0.2) is 4.79 Å². The number of hydrogen-bond donors (Lipinski definition) is 4. The van der Waals surface area contributed by atoms with Gasteiger partial charge >= 0.3 is 5.97 Å². The molecule has 3 aliphatic rings. The molecular weight excluding hydrogens is 430 g/mol. The topological polar surface area (TPSA) is 115 Å². The number of benzene rings is 1. The molecule has 4 rings (SSSR count). The SMILES string of the molecule is CC1(C(=O)O)CSC(CC(O)C2CSC(C3CSC(c4ccccc4O)=N3)N2)=N1. The van der Waals surface area contributed by atoms with Crippen LogP contribution in [0.25, 0.3) is 0 Å². The van der Waals surface area contributed by atoms with Crippen LogP contribution >= 0.6 is 35.3 Å². The van der Waals surface area contributed by atoms with E-state index in [0.717, 1.165) is 22.1 Å². The predicted molar refractivity (Wildman–Crippen MR) is 121 cm³/mol. The summed E-state index contributed by atoms with van der Waals surface area (Å²) in [6, 6.07) is 7.21. The van der Waals surface area contributed by atoms with E-state index in [1.807, 2.05) is 12.1 Å². The van der Waals surface area contributed by atoms with Gasteiger partial charge in [0.15, 0.2) is 5.54 Å². The van der Waals surface area contributed by atoms with Crippen molar-refractivity contribution in [2.24, 2.45) is 9.98 Å². The van der Waals surface area contributed by atoms with E-state index in [9.17, 15) is 20.1 Å². The van der Waals surface area contributed by atoms with Gasteiger partial charge in [-0.2, -0.15) is 0 Å². The Balaban J connectivity index is 1.35. The second kappa shape index (κ2) is 8.50. The molecule has 0 bridgehead atoms. The molecular formula is C19H23N3O4S3. The smallest absolute Gasteiger partial charge is 0.332 e. The molecule has 7 nitrogen and oxygen atoms in total. The Morgan fingerprint density at radius 1 is 1.34 bits per heavy atom. The molecule has 1 saturated heterocycles. The fourth-order valence-electron chi connectivity index (χ4n) is 3.40. The summed E-state index contributed by atoms with van der Waals surface area (Å²) >= 11 is 4.80. The Labute approximate surface area is 181 Å². The van der Waals surface area contributed by atoms with Crippen LogP contribution in [-0.2, 0) is 4.79 Å². The standard InChI is InChI=1S/C19H23N3O4S3/c1-19(18(25)26)9-29-15(22-19)6-14(24)11-7-28-17(20-11)12-8-27-16(21-12)10-4-2-3-5-13(10)23/h2-5,11-12,14,17,20,23-24H,6-9H2,1H3,(H,25,26). The number of para-hydroxylation sites is 1. The minimum absolute atomic E-state index is 0.0744. The molecule has 0 spiro atoms. The van der Waals surface area contributed by atoms with Crippen LogP contribution in [0.5, 0.6) is 5.75 Å². The van der Waals surface area contributed by atoms with Gasteiger partial charge in [-0.3, -0.25) is 15.3 Å². The molecule has 3 aliphatic heterocycles. The number of thioether (sulfide) groups is 3. The van der Waals surface area contributed by atoms with Crippen LogP contribution < -0.4 is 5.32 Å². The minimum atomic E-state index is -1.09. The third-order valence-electron chi connectivity index (χ3n) is 5.19. The van der Waals surface area contributed by atoms with E-state index < -0.39 is 17.6 Å². The van der Waals surface area contributed by atoms with Crippen molar-refractivity contribution < 1.29 is 20.1 Å². The van der Waals surface area contributed by atoms with Crippen LogP contribution in [0.2, 0.25) is 0 Å². The number of carbonyl (C=O) groups is 1. The monoisotopic (exact) mass is 453 g/mol. The van der Waals surface area contributed by atoms with Crippen molar-refractivity contribution >= 4 is 51.3 Å². The number of nitrogens with zero attached hydrogens (tertiary/aromatic N) is 2. The van der Waals surface area contributed by atoms with Gasteiger partial charge < -0.3 is 15.3 Å². The van der Waals surface area contributed by atoms with E-state index in [4.69, 9.17) is 4.99 Å². The summed E-state index contributed by atoms with van der Waals surface area (Å²) in [5, 5.41) is 35.1. The van der Waals surface area contributed by atoms with E-state index in [-0.39, 0.29) is 23.2 Å². The maximum absolute atomic E-state index is 11.3. The van der Waals surface area contributed by atoms with Crippen molar-refractivity contribution in [3.63, 3.8) is 0 Å². The number of aliphatic imine (C=N–C) groups is 2. The number of aliphatic hydroxyl groups excluding tert-OH is 1. The van der Waals surface area contributed by atoms with E-state index >= 15 is 0 Å². The van der Waals surface area contributed by atoms with Gasteiger partial charge in [0.1, 0.15) is 10.8 Å². The van der Waals surface area contributed by atoms with E-state index in [1.54, 1.807) is 42.6 Å². The molecule has 1 fully saturated rings. The highest BCUT2D eigenvalue weighted by molar-refractivity contribution is 8.15. The lowest BCUT2D eigenvalue weighted by Crippen LogP contribution is -2.43. The fourth-order valence-corrected chi connectivity index (χ4v) is 7.23. The lowest BCUT2D eigenvalue weighted by Gasteiger charge is -2.20. The Kier molecular flexibility index (Phi) is 6.17. The van der Waals surface area contributed by atoms with Gasteiger partial charge in [0.05, 0.1) is 22.6 Å². The zero-order chi connectivity index (χ0) is 20.6. The first kappa shape index (κ1) is 21.0. The predicted octanol–water partition coefficient (Wildman–Crippen LogP) is 2.02. The zero-order valence-electron chi connectivity index (χ0n) is 15.8. The molecule has 29 heavy (non-hydrogen) atoms. The summed E-state index contributed by atoms with van der Waals surface area (Å²) < 4.78 is 0. The molecule has 5 atom stereocenters. The van der Waals surface area contributed by atoms with Gasteiger partial charge in [0.2, 0.25) is 0 Å². The summed E-state index contributed by atoms with van der Waals surface area (Å²) in [7, 11) is 0. The van der Waals surface area contributed by atoms with Crippen LogP contribution in [0.4, 0.5) is 0 Å². The molecule has 4 N–H and O–H groups in total. The quantitative estimate of drug-likeness (QED) is 0.517. The second-order valence-corrected chi connectivity index (χ2v) is 10.7. The molecule has 0 amide bonds. The first-order chi connectivity index (χ1) is 13.9. The summed E-state index contributed by atoms with van der Waals surface area (Å²) in [6.07, 6.45) is -0.254. The summed E-state index contributed by atoms with van der Waals surface area (Å²) in [5.41, 5.74) is -0.327. The largest absolute Gasteiger partial charge is 0.507 e. The Hall–Kier alpha value is -1.20. The molecule has 5 unspecified atom stereocenters. The number of aliphatic carboxylic acids is 1. The zero-order valence-corrected chi connectivity index (χ0v) is 18.3. The van der Waals surface area contributed by atoms with Crippen LogP contribution in [-0.4, -0.2) is 77.7 Å². The first-order valence-electron chi connectivity index (χ1n) is 9.35. The lowest BCUT2D eigenvalue weighted by atomic mass is 10.1. The Morgan fingerprint density at radius 3 is 2.86 bits per heavy atom. The average molecular weight is 454 g/mol. The van der Waals surface area contributed by atoms with Gasteiger partial charge in [-0.1, -0.05) is 12.1 Å². The lowest BCUT2D eigenvalue weighted by molar-refractivity contribution is -0.141. The Morgan fingerprint density at radius 2 is 2.14 bits per heavy atom. The molecule has 0 aromatic heterocycles. The number of phenolic OH excluding ortho intramolecular Hbond substituents is 1. The molecule has 156 valence electrons. The van der Waals surface area contributed by atoms with Crippen molar-refractivity contribution in [3.8, 4) is 5.75 Å². The maximum atomic E-state index is 11.3. The highest BCUT2D eigenvalue weighted by atomic mass is 32.2. The number of carboxylic acids is 1. The third kappa shape index (κ3) is 4.46. The van der Waals surface area contributed by atoms with E-state index in [2.05, 4.69) is 10.3 Å².